The van der Waals surface area contributed by atoms with E-state index in [-0.39, 0.29) is 5.91 Å². The highest BCUT2D eigenvalue weighted by molar-refractivity contribution is 9.10. The maximum atomic E-state index is 11.6. The first-order chi connectivity index (χ1) is 9.99. The molecule has 0 spiro atoms. The Morgan fingerprint density at radius 1 is 1.38 bits per heavy atom. The lowest BCUT2D eigenvalue weighted by atomic mass is 9.94. The van der Waals surface area contributed by atoms with Gasteiger partial charge >= 0.3 is 0 Å². The summed E-state index contributed by atoms with van der Waals surface area (Å²) in [4.78, 5) is 12.9. The molecule has 0 aliphatic carbocycles. The van der Waals surface area contributed by atoms with Crippen LogP contribution in [0.5, 0.6) is 0 Å². The van der Waals surface area contributed by atoms with Crippen molar-refractivity contribution < 1.29 is 4.79 Å². The first-order valence-corrected chi connectivity index (χ1v) is 9.19. The molecule has 1 atom stereocenters. The van der Waals surface area contributed by atoms with Crippen LogP contribution in [0.25, 0.3) is 0 Å². The fraction of sp³-hybridized carbons (Fsp3) is 0.562. The topological polar surface area (TPSA) is 55.1 Å². The van der Waals surface area contributed by atoms with Crippen LogP contribution in [-0.4, -0.2) is 23.7 Å². The van der Waals surface area contributed by atoms with E-state index in [1.807, 2.05) is 30.8 Å². The van der Waals surface area contributed by atoms with Crippen LogP contribution in [0.1, 0.15) is 39.5 Å². The van der Waals surface area contributed by atoms with Gasteiger partial charge in [0.2, 0.25) is 5.91 Å². The van der Waals surface area contributed by atoms with Crippen LogP contribution < -0.4 is 11.1 Å². The third-order valence-corrected chi connectivity index (χ3v) is 5.59. The molecule has 1 unspecified atom stereocenters. The first-order valence-electron chi connectivity index (χ1n) is 7.42. The van der Waals surface area contributed by atoms with E-state index in [1.54, 1.807) is 0 Å². The Bertz CT molecular complexity index is 456. The molecular formula is C16H25BrN2OS. The van der Waals surface area contributed by atoms with Gasteiger partial charge in [0.05, 0.1) is 5.54 Å². The molecule has 1 rings (SSSR count). The van der Waals surface area contributed by atoms with Gasteiger partial charge in [0.1, 0.15) is 0 Å². The second kappa shape index (κ2) is 9.49. The predicted octanol–water partition coefficient (Wildman–Crippen LogP) is 3.96. The summed E-state index contributed by atoms with van der Waals surface area (Å²) in [5, 5.41) is 3.27. The predicted molar refractivity (Wildman–Crippen MR) is 94.6 cm³/mol. The van der Waals surface area contributed by atoms with Gasteiger partial charge in [-0.1, -0.05) is 25.5 Å². The summed E-state index contributed by atoms with van der Waals surface area (Å²) < 4.78 is 1.14. The fourth-order valence-electron chi connectivity index (χ4n) is 2.02. The minimum absolute atomic E-state index is 0.255. The summed E-state index contributed by atoms with van der Waals surface area (Å²) in [7, 11) is 0. The lowest BCUT2D eigenvalue weighted by molar-refractivity contribution is -0.124. The SMILES string of the molecule is CCCNC(C)(CCCCSc1ccccc1Br)C(N)=O. The monoisotopic (exact) mass is 372 g/mol. The van der Waals surface area contributed by atoms with Gasteiger partial charge in [-0.2, -0.15) is 0 Å². The minimum atomic E-state index is -0.575. The van der Waals surface area contributed by atoms with Gasteiger partial charge in [0, 0.05) is 9.37 Å². The van der Waals surface area contributed by atoms with E-state index in [9.17, 15) is 4.79 Å². The molecule has 3 N–H and O–H groups in total. The van der Waals surface area contributed by atoms with Crippen LogP contribution in [0.15, 0.2) is 33.6 Å². The number of carbonyl (C=O) groups is 1. The van der Waals surface area contributed by atoms with E-state index in [0.717, 1.165) is 42.5 Å². The average molecular weight is 373 g/mol. The van der Waals surface area contributed by atoms with Crippen molar-refractivity contribution in [3.8, 4) is 0 Å². The average Bonchev–Trinajstić information content (AvgIpc) is 2.46. The number of nitrogens with two attached hydrogens (primary N) is 1. The number of benzene rings is 1. The second-order valence-corrected chi connectivity index (χ2v) is 7.35. The number of halogens is 1. The number of nitrogens with one attached hydrogen (secondary N) is 1. The highest BCUT2D eigenvalue weighted by Crippen LogP contribution is 2.28. The van der Waals surface area contributed by atoms with E-state index in [1.165, 1.54) is 4.90 Å². The van der Waals surface area contributed by atoms with Gasteiger partial charge in [-0.05, 0) is 66.5 Å². The molecule has 21 heavy (non-hydrogen) atoms. The molecule has 0 fully saturated rings. The van der Waals surface area contributed by atoms with Gasteiger partial charge in [-0.3, -0.25) is 4.79 Å². The van der Waals surface area contributed by atoms with Crippen molar-refractivity contribution in [2.24, 2.45) is 5.73 Å². The van der Waals surface area contributed by atoms with E-state index < -0.39 is 5.54 Å². The Balaban J connectivity index is 2.32. The summed E-state index contributed by atoms with van der Waals surface area (Å²) in [5.74, 6) is 0.792. The van der Waals surface area contributed by atoms with Crippen molar-refractivity contribution in [2.75, 3.05) is 12.3 Å². The molecule has 0 heterocycles. The highest BCUT2D eigenvalue weighted by Gasteiger charge is 2.29. The Kier molecular flexibility index (Phi) is 8.37. The molecule has 1 amide bonds. The van der Waals surface area contributed by atoms with Crippen LogP contribution in [0, 0.1) is 0 Å². The van der Waals surface area contributed by atoms with Crippen LogP contribution >= 0.6 is 27.7 Å². The number of unbranched alkanes of at least 4 members (excludes halogenated alkanes) is 1. The number of hydrogen-bond donors (Lipinski definition) is 2. The number of carbonyl (C=O) groups excluding carboxylic acids is 1. The molecule has 0 saturated heterocycles. The number of amides is 1. The zero-order chi connectivity index (χ0) is 15.7. The second-order valence-electron chi connectivity index (χ2n) is 5.36. The lowest BCUT2D eigenvalue weighted by Crippen LogP contribution is -2.53. The molecule has 118 valence electrons. The minimum Gasteiger partial charge on any atom is -0.368 e. The first kappa shape index (κ1) is 18.5. The number of rotatable bonds is 10. The van der Waals surface area contributed by atoms with Gasteiger partial charge in [-0.15, -0.1) is 11.8 Å². The van der Waals surface area contributed by atoms with Crippen molar-refractivity contribution in [3.63, 3.8) is 0 Å². The Hall–Kier alpha value is -0.520. The van der Waals surface area contributed by atoms with Gasteiger partial charge in [0.25, 0.3) is 0 Å². The van der Waals surface area contributed by atoms with Crippen molar-refractivity contribution in [3.05, 3.63) is 28.7 Å². The normalized spacial score (nSPS) is 13.9. The third-order valence-electron chi connectivity index (χ3n) is 3.47. The zero-order valence-electron chi connectivity index (χ0n) is 12.8. The van der Waals surface area contributed by atoms with Crippen molar-refractivity contribution in [1.29, 1.82) is 0 Å². The van der Waals surface area contributed by atoms with Crippen molar-refractivity contribution in [2.45, 2.75) is 50.0 Å². The maximum Gasteiger partial charge on any atom is 0.237 e. The van der Waals surface area contributed by atoms with Crippen molar-refractivity contribution >= 4 is 33.6 Å². The quantitative estimate of drug-likeness (QED) is 0.482. The zero-order valence-corrected chi connectivity index (χ0v) is 15.2. The molecular weight excluding hydrogens is 348 g/mol. The van der Waals surface area contributed by atoms with Gasteiger partial charge < -0.3 is 11.1 Å². The highest BCUT2D eigenvalue weighted by atomic mass is 79.9. The number of hydrogen-bond acceptors (Lipinski definition) is 3. The fourth-order valence-corrected chi connectivity index (χ4v) is 3.60. The molecule has 0 bridgehead atoms. The lowest BCUT2D eigenvalue weighted by Gasteiger charge is -2.27. The van der Waals surface area contributed by atoms with E-state index in [0.29, 0.717) is 0 Å². The van der Waals surface area contributed by atoms with Gasteiger partial charge in [0.15, 0.2) is 0 Å². The molecule has 0 aliphatic heterocycles. The molecule has 0 saturated carbocycles. The maximum absolute atomic E-state index is 11.6. The van der Waals surface area contributed by atoms with E-state index >= 15 is 0 Å². The van der Waals surface area contributed by atoms with Crippen LogP contribution in [0.2, 0.25) is 0 Å². The molecule has 5 heteroatoms. The molecule has 0 radical (unpaired) electrons. The molecule has 0 aromatic heterocycles. The standard InChI is InChI=1S/C16H25BrN2OS/c1-3-11-19-16(2,15(18)20)10-6-7-12-21-14-9-5-4-8-13(14)17/h4-5,8-9,19H,3,6-7,10-12H2,1-2H3,(H2,18,20). The third kappa shape index (κ3) is 6.41. The summed E-state index contributed by atoms with van der Waals surface area (Å²) in [6.07, 6.45) is 3.86. The Labute approximate surface area is 140 Å². The Morgan fingerprint density at radius 2 is 2.10 bits per heavy atom. The summed E-state index contributed by atoms with van der Waals surface area (Å²) in [6, 6.07) is 8.24. The largest absolute Gasteiger partial charge is 0.368 e. The van der Waals surface area contributed by atoms with E-state index in [4.69, 9.17) is 5.73 Å². The summed E-state index contributed by atoms with van der Waals surface area (Å²) in [5.41, 5.74) is 4.95. The van der Waals surface area contributed by atoms with E-state index in [2.05, 4.69) is 40.3 Å². The molecule has 0 aliphatic rings. The number of primary amides is 1. The van der Waals surface area contributed by atoms with Gasteiger partial charge in [-0.25, -0.2) is 0 Å². The van der Waals surface area contributed by atoms with Crippen LogP contribution in [0.4, 0.5) is 0 Å². The molecule has 1 aromatic carbocycles. The van der Waals surface area contributed by atoms with Crippen LogP contribution in [0.3, 0.4) is 0 Å². The summed E-state index contributed by atoms with van der Waals surface area (Å²) in [6.45, 7) is 4.82. The Morgan fingerprint density at radius 3 is 2.71 bits per heavy atom. The molecule has 1 aromatic rings. The summed E-state index contributed by atoms with van der Waals surface area (Å²) >= 11 is 5.39. The van der Waals surface area contributed by atoms with Crippen LogP contribution in [-0.2, 0) is 4.79 Å². The smallest absolute Gasteiger partial charge is 0.237 e. The van der Waals surface area contributed by atoms with Crippen molar-refractivity contribution in [1.82, 2.24) is 5.32 Å². The number of thioether (sulfide) groups is 1. The molecule has 3 nitrogen and oxygen atoms in total.